The Morgan fingerprint density at radius 3 is 2.55 bits per heavy atom. The monoisotopic (exact) mass is 471 g/mol. The number of hydrogen-bond acceptors (Lipinski definition) is 4. The number of amides is 2. The summed E-state index contributed by atoms with van der Waals surface area (Å²) in [6.45, 7) is 9.42. The van der Waals surface area contributed by atoms with Crippen molar-refractivity contribution in [3.05, 3.63) is 34.3 Å². The fourth-order valence-corrected chi connectivity index (χ4v) is 4.87. The van der Waals surface area contributed by atoms with E-state index >= 15 is 0 Å². The number of carbonyl (C=O) groups excluding carboxylic acids is 2. The number of fused-ring (bicyclic) bond motifs is 1. The van der Waals surface area contributed by atoms with E-state index in [-0.39, 0.29) is 53.4 Å². The van der Waals surface area contributed by atoms with Gasteiger partial charge in [-0.15, -0.1) is 0 Å². The van der Waals surface area contributed by atoms with Gasteiger partial charge in [-0.3, -0.25) is 4.79 Å². The molecule has 2 amide bonds. The molecule has 0 radical (unpaired) electrons. The Kier molecular flexibility index (Phi) is 6.61. The standard InChI is InChI=1S/C23H32F3N3O4/c1-14(2)22(8-6-17(11-22)27-20(31)33-21(3,4)5)19(30)28-9-7-18-15(12-28)10-16(13-29(18)32)23(24,25)26/h10,13-14,17H,6-9,11-12H2,1-5H3,(H,27,31). The Balaban J connectivity index is 1.78. The topological polar surface area (TPSA) is 85.6 Å². The highest BCUT2D eigenvalue weighted by molar-refractivity contribution is 5.84. The van der Waals surface area contributed by atoms with E-state index in [9.17, 15) is 28.0 Å². The highest BCUT2D eigenvalue weighted by Gasteiger charge is 2.50. The highest BCUT2D eigenvalue weighted by Crippen LogP contribution is 2.46. The number of halogens is 3. The van der Waals surface area contributed by atoms with Gasteiger partial charge in [0.2, 0.25) is 5.91 Å². The number of alkyl halides is 3. The van der Waals surface area contributed by atoms with Crippen LogP contribution in [0.2, 0.25) is 0 Å². The summed E-state index contributed by atoms with van der Waals surface area (Å²) in [6, 6.07) is 0.733. The van der Waals surface area contributed by atoms with Gasteiger partial charge in [-0.25, -0.2) is 4.79 Å². The maximum absolute atomic E-state index is 13.7. The van der Waals surface area contributed by atoms with E-state index in [0.717, 1.165) is 6.07 Å². The number of rotatable bonds is 3. The van der Waals surface area contributed by atoms with E-state index in [4.69, 9.17) is 4.74 Å². The fraction of sp³-hybridized carbons (Fsp3) is 0.696. The molecule has 1 aromatic heterocycles. The van der Waals surface area contributed by atoms with Crippen molar-refractivity contribution in [1.29, 1.82) is 0 Å². The van der Waals surface area contributed by atoms with Crippen LogP contribution < -0.4 is 10.0 Å². The number of hydrogen-bond donors (Lipinski definition) is 1. The number of alkyl carbamates (subject to hydrolysis) is 1. The molecule has 1 aliphatic carbocycles. The minimum atomic E-state index is -4.64. The van der Waals surface area contributed by atoms with E-state index in [1.54, 1.807) is 25.7 Å². The number of nitrogens with zero attached hydrogens (tertiary/aromatic N) is 2. The lowest BCUT2D eigenvalue weighted by atomic mass is 9.74. The fourth-order valence-electron chi connectivity index (χ4n) is 4.87. The molecular weight excluding hydrogens is 439 g/mol. The zero-order valence-electron chi connectivity index (χ0n) is 19.7. The lowest BCUT2D eigenvalue weighted by Gasteiger charge is -2.39. The molecule has 184 valence electrons. The first kappa shape index (κ1) is 25.1. The van der Waals surface area contributed by atoms with Crippen LogP contribution in [0.25, 0.3) is 0 Å². The molecule has 2 atom stereocenters. The Bertz CT molecular complexity index is 927. The molecule has 1 aliphatic heterocycles. The van der Waals surface area contributed by atoms with Crippen molar-refractivity contribution < 1.29 is 32.2 Å². The molecule has 0 bridgehead atoms. The summed E-state index contributed by atoms with van der Waals surface area (Å²) in [5.74, 6) is -0.186. The van der Waals surface area contributed by atoms with Crippen LogP contribution in [-0.2, 0) is 28.7 Å². The van der Waals surface area contributed by atoms with Crippen molar-refractivity contribution in [2.75, 3.05) is 6.54 Å². The van der Waals surface area contributed by atoms with Gasteiger partial charge in [0.15, 0.2) is 11.9 Å². The van der Waals surface area contributed by atoms with Crippen molar-refractivity contribution in [3.8, 4) is 0 Å². The summed E-state index contributed by atoms with van der Waals surface area (Å²) in [7, 11) is 0. The second-order valence-electron chi connectivity index (χ2n) is 10.4. The highest BCUT2D eigenvalue weighted by atomic mass is 19.4. The third-order valence-corrected chi connectivity index (χ3v) is 6.62. The lowest BCUT2D eigenvalue weighted by Crippen LogP contribution is -2.50. The molecule has 1 fully saturated rings. The number of carbonyl (C=O) groups is 2. The van der Waals surface area contributed by atoms with Gasteiger partial charge in [-0.05, 0) is 52.0 Å². The van der Waals surface area contributed by atoms with E-state index < -0.39 is 28.8 Å². The first-order valence-electron chi connectivity index (χ1n) is 11.2. The molecule has 10 heteroatoms. The van der Waals surface area contributed by atoms with E-state index in [0.29, 0.717) is 25.5 Å². The quantitative estimate of drug-likeness (QED) is 0.535. The Hall–Kier alpha value is -2.52. The first-order chi connectivity index (χ1) is 15.1. The number of ether oxygens (including phenoxy) is 1. The molecule has 2 heterocycles. The molecule has 1 saturated carbocycles. The smallest absolute Gasteiger partial charge is 0.422 e. The zero-order valence-corrected chi connectivity index (χ0v) is 19.7. The van der Waals surface area contributed by atoms with Crippen molar-refractivity contribution in [3.63, 3.8) is 0 Å². The number of pyridine rings is 1. The van der Waals surface area contributed by atoms with Gasteiger partial charge in [0.1, 0.15) is 11.2 Å². The molecule has 0 spiro atoms. The van der Waals surface area contributed by atoms with Crippen LogP contribution in [0.3, 0.4) is 0 Å². The SMILES string of the molecule is CC(C)C1(C(=O)N2CCc3c(cc(C(F)(F)F)c[n+]3[O-])C2)CCC(NC(=O)OC(C)(C)C)C1. The molecule has 33 heavy (non-hydrogen) atoms. The Morgan fingerprint density at radius 2 is 1.97 bits per heavy atom. The second kappa shape index (κ2) is 8.68. The first-order valence-corrected chi connectivity index (χ1v) is 11.2. The van der Waals surface area contributed by atoms with Gasteiger partial charge < -0.3 is 20.2 Å². The summed E-state index contributed by atoms with van der Waals surface area (Å²) in [5.41, 5.74) is -1.91. The van der Waals surface area contributed by atoms with Crippen molar-refractivity contribution in [2.24, 2.45) is 11.3 Å². The maximum Gasteiger partial charge on any atom is 0.422 e. The summed E-state index contributed by atoms with van der Waals surface area (Å²) in [4.78, 5) is 27.4. The van der Waals surface area contributed by atoms with Crippen LogP contribution in [0.1, 0.15) is 70.7 Å². The maximum atomic E-state index is 13.7. The van der Waals surface area contributed by atoms with E-state index in [2.05, 4.69) is 5.32 Å². The molecule has 1 aromatic rings. The Morgan fingerprint density at radius 1 is 1.30 bits per heavy atom. The summed E-state index contributed by atoms with van der Waals surface area (Å²) in [5, 5.41) is 15.0. The predicted octanol–water partition coefficient (Wildman–Crippen LogP) is 3.94. The molecule has 0 aromatic carbocycles. The van der Waals surface area contributed by atoms with Crippen LogP contribution in [0.15, 0.2) is 12.3 Å². The largest absolute Gasteiger partial charge is 0.618 e. The van der Waals surface area contributed by atoms with Crippen LogP contribution in [0.5, 0.6) is 0 Å². The van der Waals surface area contributed by atoms with Crippen molar-refractivity contribution >= 4 is 12.0 Å². The summed E-state index contributed by atoms with van der Waals surface area (Å²) < 4.78 is 45.1. The molecule has 2 aliphatic rings. The molecule has 3 rings (SSSR count). The van der Waals surface area contributed by atoms with Crippen LogP contribution in [-0.4, -0.2) is 35.1 Å². The number of aromatic nitrogens is 1. The molecule has 2 unspecified atom stereocenters. The third-order valence-electron chi connectivity index (χ3n) is 6.62. The average molecular weight is 472 g/mol. The van der Waals surface area contributed by atoms with Crippen molar-refractivity contribution in [1.82, 2.24) is 10.2 Å². The predicted molar refractivity (Wildman–Crippen MR) is 114 cm³/mol. The summed E-state index contributed by atoms with van der Waals surface area (Å²) in [6.07, 6.45) is -2.85. The second-order valence-corrected chi connectivity index (χ2v) is 10.4. The molecule has 0 saturated heterocycles. The number of nitrogens with one attached hydrogen (secondary N) is 1. The van der Waals surface area contributed by atoms with Gasteiger partial charge in [0.25, 0.3) is 0 Å². The van der Waals surface area contributed by atoms with Crippen LogP contribution >= 0.6 is 0 Å². The minimum absolute atomic E-state index is 0.0391. The van der Waals surface area contributed by atoms with Crippen LogP contribution in [0, 0.1) is 16.5 Å². The van der Waals surface area contributed by atoms with E-state index in [1.165, 1.54) is 0 Å². The van der Waals surface area contributed by atoms with Gasteiger partial charge >= 0.3 is 12.3 Å². The van der Waals surface area contributed by atoms with E-state index in [1.807, 2.05) is 13.8 Å². The van der Waals surface area contributed by atoms with Crippen molar-refractivity contribution in [2.45, 2.75) is 84.7 Å². The molecule has 1 N–H and O–H groups in total. The summed E-state index contributed by atoms with van der Waals surface area (Å²) >= 11 is 0. The van der Waals surface area contributed by atoms with Crippen LogP contribution in [0.4, 0.5) is 18.0 Å². The normalized spacial score (nSPS) is 23.4. The van der Waals surface area contributed by atoms with Gasteiger partial charge in [-0.2, -0.15) is 17.9 Å². The lowest BCUT2D eigenvalue weighted by molar-refractivity contribution is -0.616. The van der Waals surface area contributed by atoms with Gasteiger partial charge in [-0.1, -0.05) is 13.8 Å². The average Bonchev–Trinajstić information content (AvgIpc) is 3.09. The molecular formula is C23H32F3N3O4. The minimum Gasteiger partial charge on any atom is -0.618 e. The zero-order chi connectivity index (χ0) is 24.8. The van der Waals surface area contributed by atoms with Gasteiger partial charge in [0.05, 0.1) is 18.4 Å². The third kappa shape index (κ3) is 5.35. The van der Waals surface area contributed by atoms with Gasteiger partial charge in [0, 0.05) is 18.2 Å². The Labute approximate surface area is 191 Å². The molecule has 7 nitrogen and oxygen atoms in total.